The molecule has 0 unspecified atom stereocenters. The van der Waals surface area contributed by atoms with Gasteiger partial charge in [-0.2, -0.15) is 0 Å². The Morgan fingerprint density at radius 3 is 3.05 bits per heavy atom. The van der Waals surface area contributed by atoms with E-state index in [9.17, 15) is 10.1 Å². The maximum atomic E-state index is 11.1. The molecule has 1 aromatic carbocycles. The number of nitro groups is 1. The van der Waals surface area contributed by atoms with Gasteiger partial charge >= 0.3 is 0 Å². The second-order valence-corrected chi connectivity index (χ2v) is 5.21. The van der Waals surface area contributed by atoms with Gasteiger partial charge in [0.1, 0.15) is 11.6 Å². The number of non-ortho nitro benzene ring substituents is 1. The van der Waals surface area contributed by atoms with Crippen LogP contribution in [-0.4, -0.2) is 35.6 Å². The molecule has 6 nitrogen and oxygen atoms in total. The first kappa shape index (κ1) is 12.8. The van der Waals surface area contributed by atoms with Gasteiger partial charge in [-0.3, -0.25) is 15.1 Å². The number of fused-ring (bicyclic) bond motifs is 1. The Bertz CT molecular complexity index is 659. The summed E-state index contributed by atoms with van der Waals surface area (Å²) < 4.78 is 0. The van der Waals surface area contributed by atoms with Crippen molar-refractivity contribution < 1.29 is 10.2 Å². The van der Waals surface area contributed by atoms with Crippen molar-refractivity contribution in [3.8, 4) is 0 Å². The Morgan fingerprint density at radius 1 is 1.45 bits per heavy atom. The number of piperazine rings is 1. The molecule has 0 bridgehead atoms. The number of nitrogens with two attached hydrogens (primary N) is 1. The molecule has 1 aliphatic rings. The highest BCUT2D eigenvalue weighted by atomic mass is 16.6. The molecule has 1 saturated heterocycles. The molecule has 6 heteroatoms. The van der Waals surface area contributed by atoms with Gasteiger partial charge < -0.3 is 10.2 Å². The first-order valence-electron chi connectivity index (χ1n) is 6.77. The zero-order valence-corrected chi connectivity index (χ0v) is 11.3. The van der Waals surface area contributed by atoms with Crippen LogP contribution in [0.1, 0.15) is 6.92 Å². The van der Waals surface area contributed by atoms with Gasteiger partial charge in [0.25, 0.3) is 5.69 Å². The molecule has 104 valence electrons. The number of benzene rings is 1. The molecule has 0 radical (unpaired) electrons. The van der Waals surface area contributed by atoms with Gasteiger partial charge in [0.2, 0.25) is 0 Å². The van der Waals surface area contributed by atoms with E-state index in [-0.39, 0.29) is 10.6 Å². The number of rotatable bonds is 2. The summed E-state index contributed by atoms with van der Waals surface area (Å²) in [6.45, 7) is 5.09. The van der Waals surface area contributed by atoms with E-state index in [1.54, 1.807) is 24.4 Å². The summed E-state index contributed by atoms with van der Waals surface area (Å²) in [5, 5.41) is 14.0. The molecular weight excluding hydrogens is 256 g/mol. The third kappa shape index (κ3) is 2.18. The van der Waals surface area contributed by atoms with Gasteiger partial charge in [-0.25, -0.2) is 0 Å². The van der Waals surface area contributed by atoms with Crippen molar-refractivity contribution in [2.24, 2.45) is 0 Å². The van der Waals surface area contributed by atoms with Crippen molar-refractivity contribution in [2.75, 3.05) is 24.5 Å². The summed E-state index contributed by atoms with van der Waals surface area (Å²) >= 11 is 0. The lowest BCUT2D eigenvalue weighted by Gasteiger charge is -2.31. The minimum atomic E-state index is -0.347. The predicted molar refractivity (Wildman–Crippen MR) is 76.9 cm³/mol. The van der Waals surface area contributed by atoms with E-state index in [1.807, 2.05) is 6.07 Å². The Hall–Kier alpha value is -2.21. The number of pyridine rings is 1. The van der Waals surface area contributed by atoms with Crippen molar-refractivity contribution in [3.63, 3.8) is 0 Å². The highest BCUT2D eigenvalue weighted by Crippen LogP contribution is 2.32. The van der Waals surface area contributed by atoms with Crippen molar-refractivity contribution >= 4 is 22.3 Å². The number of quaternary nitrogens is 1. The molecule has 1 fully saturated rings. The molecule has 2 heterocycles. The number of nitrogens with zero attached hydrogens (tertiary/aromatic N) is 3. The van der Waals surface area contributed by atoms with Crippen LogP contribution in [0, 0.1) is 10.1 Å². The monoisotopic (exact) mass is 273 g/mol. The molecule has 1 aromatic heterocycles. The maximum Gasteiger partial charge on any atom is 0.278 e. The minimum Gasteiger partial charge on any atom is -0.358 e. The average Bonchev–Trinajstić information content (AvgIpc) is 2.46. The zero-order valence-electron chi connectivity index (χ0n) is 11.3. The average molecular weight is 273 g/mol. The first-order valence-corrected chi connectivity index (χ1v) is 6.77. The molecule has 0 saturated carbocycles. The molecular formula is C14H17N4O2+. The van der Waals surface area contributed by atoms with E-state index in [2.05, 4.69) is 22.1 Å². The molecule has 1 atom stereocenters. The largest absolute Gasteiger partial charge is 0.358 e. The van der Waals surface area contributed by atoms with Crippen LogP contribution in [0.2, 0.25) is 0 Å². The van der Waals surface area contributed by atoms with Crippen LogP contribution >= 0.6 is 0 Å². The Balaban J connectivity index is 2.12. The van der Waals surface area contributed by atoms with Crippen molar-refractivity contribution in [1.29, 1.82) is 0 Å². The van der Waals surface area contributed by atoms with Gasteiger partial charge in [-0.1, -0.05) is 0 Å². The molecule has 3 rings (SSSR count). The molecule has 20 heavy (non-hydrogen) atoms. The highest BCUT2D eigenvalue weighted by Gasteiger charge is 2.23. The van der Waals surface area contributed by atoms with Gasteiger partial charge in [-0.15, -0.1) is 0 Å². The summed E-state index contributed by atoms with van der Waals surface area (Å²) in [5.74, 6) is 0. The summed E-state index contributed by atoms with van der Waals surface area (Å²) in [7, 11) is 0. The Labute approximate surface area is 116 Å². The highest BCUT2D eigenvalue weighted by molar-refractivity contribution is 5.97. The SMILES string of the molecule is C[C@H]1CN(c2ccc([N+](=O)[O-])c3cccnc23)CC[NH2+]1. The topological polar surface area (TPSA) is 75.9 Å². The van der Waals surface area contributed by atoms with E-state index in [1.165, 1.54) is 0 Å². The lowest BCUT2D eigenvalue weighted by molar-refractivity contribution is -0.687. The predicted octanol–water partition coefficient (Wildman–Crippen LogP) is 0.915. The Kier molecular flexibility index (Phi) is 3.23. The standard InChI is InChI=1S/C14H16N4O2/c1-10-9-17(8-7-15-10)13-5-4-12(18(19)20)11-3-2-6-16-14(11)13/h2-6,10,15H,7-9H2,1H3/p+1/t10-/m0/s1. The van der Waals surface area contributed by atoms with Crippen LogP contribution in [0.15, 0.2) is 30.5 Å². The number of hydrogen-bond acceptors (Lipinski definition) is 4. The van der Waals surface area contributed by atoms with Crippen LogP contribution < -0.4 is 10.2 Å². The molecule has 2 aromatic rings. The maximum absolute atomic E-state index is 11.1. The molecule has 0 amide bonds. The number of hydrogen-bond donors (Lipinski definition) is 1. The lowest BCUT2D eigenvalue weighted by atomic mass is 10.1. The summed E-state index contributed by atoms with van der Waals surface area (Å²) in [6, 6.07) is 7.45. The third-order valence-electron chi connectivity index (χ3n) is 3.74. The van der Waals surface area contributed by atoms with E-state index >= 15 is 0 Å². The lowest BCUT2D eigenvalue weighted by Crippen LogP contribution is -2.94. The zero-order chi connectivity index (χ0) is 14.1. The van der Waals surface area contributed by atoms with Crippen LogP contribution in [0.4, 0.5) is 11.4 Å². The van der Waals surface area contributed by atoms with Gasteiger partial charge in [-0.05, 0) is 25.1 Å². The number of aromatic nitrogens is 1. The van der Waals surface area contributed by atoms with E-state index in [0.29, 0.717) is 11.4 Å². The fraction of sp³-hybridized carbons (Fsp3) is 0.357. The fourth-order valence-electron chi connectivity index (χ4n) is 2.80. The van der Waals surface area contributed by atoms with Crippen LogP contribution in [0.25, 0.3) is 10.9 Å². The molecule has 0 spiro atoms. The van der Waals surface area contributed by atoms with Gasteiger partial charge in [0, 0.05) is 12.3 Å². The summed E-state index contributed by atoms with van der Waals surface area (Å²) in [5.41, 5.74) is 1.83. The second-order valence-electron chi connectivity index (χ2n) is 5.21. The number of nitro benzene ring substituents is 1. The third-order valence-corrected chi connectivity index (χ3v) is 3.74. The molecule has 2 N–H and O–H groups in total. The quantitative estimate of drug-likeness (QED) is 0.652. The number of anilines is 1. The molecule has 0 aliphatic carbocycles. The van der Waals surface area contributed by atoms with Gasteiger partial charge in [0.15, 0.2) is 0 Å². The van der Waals surface area contributed by atoms with Crippen LogP contribution in [0.3, 0.4) is 0 Å². The van der Waals surface area contributed by atoms with E-state index < -0.39 is 0 Å². The van der Waals surface area contributed by atoms with Gasteiger partial charge in [0.05, 0.1) is 35.6 Å². The smallest absolute Gasteiger partial charge is 0.278 e. The first-order chi connectivity index (χ1) is 9.66. The fourth-order valence-corrected chi connectivity index (χ4v) is 2.80. The van der Waals surface area contributed by atoms with Crippen molar-refractivity contribution in [3.05, 3.63) is 40.6 Å². The van der Waals surface area contributed by atoms with Crippen molar-refractivity contribution in [1.82, 2.24) is 4.98 Å². The second kappa shape index (κ2) is 5.05. The van der Waals surface area contributed by atoms with E-state index in [4.69, 9.17) is 0 Å². The summed E-state index contributed by atoms with van der Waals surface area (Å²) in [4.78, 5) is 17.4. The van der Waals surface area contributed by atoms with Crippen molar-refractivity contribution in [2.45, 2.75) is 13.0 Å². The normalized spacial score (nSPS) is 19.2. The van der Waals surface area contributed by atoms with Crippen LogP contribution in [0.5, 0.6) is 0 Å². The van der Waals surface area contributed by atoms with Crippen LogP contribution in [-0.2, 0) is 0 Å². The summed E-state index contributed by atoms with van der Waals surface area (Å²) in [6.07, 6.45) is 1.69. The van der Waals surface area contributed by atoms with E-state index in [0.717, 1.165) is 30.8 Å². The minimum absolute atomic E-state index is 0.119. The molecule has 1 aliphatic heterocycles. The Morgan fingerprint density at radius 2 is 2.30 bits per heavy atom.